The SMILES string of the molecule is CO[C@@H]1C(O)[C@H]([n+]2cn(C)c3c(=O)[nH]c(N)nc32)O[C@@H]1COP(=O)(O)OP(=O)(O)OP(=O)(O)OC[C@@]12COC([C@H](n3cnc4c(N)ncnc43)O1)[C@H]2OP(=O)(O)OC[C@H]1O[C@@H](n2cnc3c(=O)[nH]c(N)nc32)C(O)[C@H]1O. The second-order valence-corrected chi connectivity index (χ2v) is 23.2. The number of imidazole rings is 3. The monoisotopic (exact) mass is 1160 g/mol. The number of phosphoric acid groups is 4. The van der Waals surface area contributed by atoms with Crippen molar-refractivity contribution >= 4 is 82.5 Å². The van der Waals surface area contributed by atoms with Crippen molar-refractivity contribution < 1.29 is 108 Å². The summed E-state index contributed by atoms with van der Waals surface area (Å²) in [7, 11) is -20.8. The molecule has 6 aromatic heterocycles. The number of hydrogen-bond acceptors (Lipinski definition) is 29. The third-order valence-electron chi connectivity index (χ3n) is 12.3. The molecular weight excluding hydrogens is 1110 g/mol. The number of aromatic nitrogens is 12. The Hall–Kier alpha value is -5.15. The van der Waals surface area contributed by atoms with E-state index in [2.05, 4.69) is 48.5 Å². The van der Waals surface area contributed by atoms with Gasteiger partial charge in [0.05, 0.1) is 46.1 Å². The zero-order valence-electron chi connectivity index (χ0n) is 38.6. The Morgan fingerprint density at radius 2 is 1.42 bits per heavy atom. The predicted octanol–water partition coefficient (Wildman–Crippen LogP) is -4.30. The van der Waals surface area contributed by atoms with Gasteiger partial charge in [0.25, 0.3) is 17.1 Å². The Labute approximate surface area is 420 Å². The number of nitrogens with zero attached hydrogens (tertiary/aromatic N) is 10. The van der Waals surface area contributed by atoms with Crippen LogP contribution in [0.25, 0.3) is 33.5 Å². The molecule has 4 aliphatic rings. The van der Waals surface area contributed by atoms with Crippen LogP contribution >= 0.6 is 31.3 Å². The average molecular weight is 1160 g/mol. The minimum Gasteiger partial charge on any atom is -0.387 e. The Morgan fingerprint density at radius 3 is 2.14 bits per heavy atom. The number of aliphatic hydroxyl groups is 3. The molecule has 10 rings (SSSR count). The van der Waals surface area contributed by atoms with Gasteiger partial charge in [0.15, 0.2) is 41.4 Å². The molecule has 39 nitrogen and oxygen atoms in total. The normalized spacial score (nSPS) is 31.8. The predicted molar refractivity (Wildman–Crippen MR) is 242 cm³/mol. The van der Waals surface area contributed by atoms with Crippen LogP contribution in [0.2, 0.25) is 0 Å². The standard InChI is InChI=1S/C33H43N15O24P4/c1-45-10-48(25-15(45)27(53)44-32(36)42-25)29-18(51)19(62-2)12(68-29)4-65-74(56,57)71-76(60,61)72-75(58,59)66-6-33-5-63-20(30(69-33)46-8-39-13-22(34)37-7-38-23(13)46)21(33)70-73(54,55)64-3-11-16(49)17(50)28(67-11)47-9-40-14-24(47)41-31(35)43-26(14)52/h7-12,16-21,28-30,49-51H,3-6H2,1-2H3,(H11-,34,35,36,37,38,41,42,43,44,52,53,54,55,56,57,58,59,60,61)/p+1/t11-,12-,16+,17?,18?,19+,20?,21-,28-,29-,30-,33-/m1/s1. The van der Waals surface area contributed by atoms with Gasteiger partial charge < -0.3 is 75.8 Å². The van der Waals surface area contributed by atoms with Gasteiger partial charge in [-0.3, -0.25) is 51.4 Å². The quantitative estimate of drug-likeness (QED) is 0.0270. The fourth-order valence-corrected chi connectivity index (χ4v) is 13.6. The number of H-pyrrole nitrogens is 2. The van der Waals surface area contributed by atoms with Gasteiger partial charge in [-0.1, -0.05) is 4.98 Å². The number of rotatable bonds is 19. The lowest BCUT2D eigenvalue weighted by atomic mass is 10.0. The van der Waals surface area contributed by atoms with Crippen LogP contribution in [-0.2, 0) is 75.7 Å². The number of nitrogen functional groups attached to an aromatic ring is 3. The van der Waals surface area contributed by atoms with E-state index in [0.717, 1.165) is 24.3 Å². The molecular formula is C33H44N15O24P4+. The highest BCUT2D eigenvalue weighted by Gasteiger charge is 2.66. The largest absolute Gasteiger partial charge is 0.490 e. The van der Waals surface area contributed by atoms with Crippen molar-refractivity contribution in [3.8, 4) is 0 Å². The van der Waals surface area contributed by atoms with Crippen LogP contribution in [0, 0.1) is 0 Å². The van der Waals surface area contributed by atoms with Gasteiger partial charge in [-0.2, -0.15) is 13.6 Å². The van der Waals surface area contributed by atoms with Gasteiger partial charge in [-0.15, -0.1) is 0 Å². The number of hydrogen-bond donors (Lipinski definition) is 12. The Kier molecular flexibility index (Phi) is 14.0. The fourth-order valence-electron chi connectivity index (χ4n) is 9.01. The molecule has 0 aliphatic carbocycles. The summed E-state index contributed by atoms with van der Waals surface area (Å²) in [6.07, 6.45) is -12.5. The van der Waals surface area contributed by atoms with Crippen LogP contribution in [0.4, 0.5) is 17.7 Å². The number of fused-ring (bicyclic) bond motifs is 5. The highest BCUT2D eigenvalue weighted by atomic mass is 31.3. The van der Waals surface area contributed by atoms with Crippen LogP contribution in [0.5, 0.6) is 0 Å². The Morgan fingerprint density at radius 1 is 0.776 bits per heavy atom. The topological polar surface area (TPSA) is 551 Å². The second-order valence-electron chi connectivity index (χ2n) is 17.2. The maximum Gasteiger partial charge on any atom is 0.490 e. The minimum absolute atomic E-state index is 0.0228. The molecule has 0 aromatic carbocycles. The van der Waals surface area contributed by atoms with Crippen molar-refractivity contribution in [2.75, 3.05) is 50.7 Å². The molecule has 0 saturated carbocycles. The van der Waals surface area contributed by atoms with Crippen molar-refractivity contribution in [2.24, 2.45) is 7.05 Å². The van der Waals surface area contributed by atoms with E-state index < -0.39 is 142 Å². The molecule has 0 radical (unpaired) electrons. The molecule has 43 heteroatoms. The molecule has 6 aromatic rings. The van der Waals surface area contributed by atoms with E-state index in [4.69, 9.17) is 59.0 Å². The maximum atomic E-state index is 13.7. The molecule has 7 unspecified atom stereocenters. The molecule has 4 saturated heterocycles. The fraction of sp³-hybridized carbons (Fsp3) is 0.545. The highest BCUT2D eigenvalue weighted by molar-refractivity contribution is 7.66. The molecule has 10 heterocycles. The first kappa shape index (κ1) is 54.2. The number of anilines is 3. The van der Waals surface area contributed by atoms with E-state index in [1.807, 2.05) is 0 Å². The lowest BCUT2D eigenvalue weighted by molar-refractivity contribution is -0.745. The van der Waals surface area contributed by atoms with E-state index in [1.165, 1.54) is 33.4 Å². The average Bonchev–Trinajstić information content (AvgIpc) is 4.21. The molecule has 4 aliphatic heterocycles. The summed E-state index contributed by atoms with van der Waals surface area (Å²) in [5.74, 6) is -0.658. The van der Waals surface area contributed by atoms with Crippen molar-refractivity contribution in [1.29, 1.82) is 0 Å². The van der Waals surface area contributed by atoms with Crippen molar-refractivity contribution in [3.63, 3.8) is 0 Å². The lowest BCUT2D eigenvalue weighted by Gasteiger charge is -2.32. The van der Waals surface area contributed by atoms with Crippen molar-refractivity contribution in [1.82, 2.24) is 53.6 Å². The number of nitrogens with one attached hydrogen (secondary N) is 2. The van der Waals surface area contributed by atoms with Gasteiger partial charge in [0, 0.05) is 7.11 Å². The zero-order valence-corrected chi connectivity index (χ0v) is 42.1. The van der Waals surface area contributed by atoms with Gasteiger partial charge in [-0.25, -0.2) is 42.8 Å². The summed E-state index contributed by atoms with van der Waals surface area (Å²) in [4.78, 5) is 96.4. The number of phosphoric ester groups is 3. The zero-order chi connectivity index (χ0) is 54.6. The number of ether oxygens (including phenoxy) is 5. The van der Waals surface area contributed by atoms with Crippen LogP contribution < -0.4 is 32.9 Å². The van der Waals surface area contributed by atoms with Gasteiger partial charge in [-0.05, 0) is 0 Å². The number of nitrogens with two attached hydrogens (primary N) is 3. The summed E-state index contributed by atoms with van der Waals surface area (Å²) < 4.78 is 116. The molecule has 4 fully saturated rings. The smallest absolute Gasteiger partial charge is 0.387 e. The summed E-state index contributed by atoms with van der Waals surface area (Å²) in [6.45, 7) is -3.91. The van der Waals surface area contributed by atoms with E-state index >= 15 is 0 Å². The molecule has 16 atom stereocenters. The summed E-state index contributed by atoms with van der Waals surface area (Å²) >= 11 is 0. The van der Waals surface area contributed by atoms with Crippen LogP contribution in [0.3, 0.4) is 0 Å². The summed E-state index contributed by atoms with van der Waals surface area (Å²) in [6, 6.07) is 0. The Bertz CT molecular complexity index is 3560. The van der Waals surface area contributed by atoms with Crippen molar-refractivity contribution in [3.05, 3.63) is 46.0 Å². The first-order chi connectivity index (χ1) is 35.7. The van der Waals surface area contributed by atoms with E-state index in [0.29, 0.717) is 0 Å². The Balaban J connectivity index is 0.813. The van der Waals surface area contributed by atoms with Gasteiger partial charge in [0.1, 0.15) is 66.3 Å². The molecule has 76 heavy (non-hydrogen) atoms. The van der Waals surface area contributed by atoms with Crippen LogP contribution in [0.15, 0.2) is 34.9 Å². The number of aryl methyl sites for hydroxylation is 1. The van der Waals surface area contributed by atoms with Crippen molar-refractivity contribution in [2.45, 2.75) is 73.1 Å². The number of aliphatic hydroxyl groups excluding tert-OH is 3. The highest BCUT2D eigenvalue weighted by Crippen LogP contribution is 2.68. The van der Waals surface area contributed by atoms with Gasteiger partial charge >= 0.3 is 36.9 Å². The van der Waals surface area contributed by atoms with Crippen LogP contribution in [-0.4, -0.2) is 176 Å². The molecule has 2 bridgehead atoms. The second kappa shape index (κ2) is 19.6. The summed E-state index contributed by atoms with van der Waals surface area (Å²) in [5.41, 5.74) is 13.4. The number of aromatic amines is 2. The molecule has 0 spiro atoms. The lowest BCUT2D eigenvalue weighted by Crippen LogP contribution is -2.46. The van der Waals surface area contributed by atoms with E-state index in [9.17, 15) is 62.7 Å². The van der Waals surface area contributed by atoms with Crippen LogP contribution in [0.1, 0.15) is 18.7 Å². The maximum absolute atomic E-state index is 13.7. The van der Waals surface area contributed by atoms with Gasteiger partial charge in [0.2, 0.25) is 17.7 Å². The first-order valence-corrected chi connectivity index (χ1v) is 27.6. The third-order valence-corrected chi connectivity index (χ3v) is 17.5. The molecule has 414 valence electrons. The first-order valence-electron chi connectivity index (χ1n) is 21.6. The third kappa shape index (κ3) is 10.0. The molecule has 15 N–H and O–H groups in total. The minimum atomic E-state index is -6.19. The van der Waals surface area contributed by atoms with E-state index in [1.54, 1.807) is 0 Å². The summed E-state index contributed by atoms with van der Waals surface area (Å²) in [5, 5.41) is 32.9. The van der Waals surface area contributed by atoms with E-state index in [-0.39, 0.29) is 51.2 Å². The number of methoxy groups -OCH3 is 1. The molecule has 0 amide bonds.